The third kappa shape index (κ3) is 3.88. The van der Waals surface area contributed by atoms with E-state index in [9.17, 15) is 4.79 Å². The Labute approximate surface area is 120 Å². The van der Waals surface area contributed by atoms with Crippen LogP contribution in [0.25, 0.3) is 0 Å². The SMILES string of the molecule is COc1cc(NC(=O)C/C(N)=N/O)c(Br)cc1Br. The molecule has 0 radical (unpaired) electrons. The van der Waals surface area contributed by atoms with Gasteiger partial charge in [0.2, 0.25) is 5.91 Å². The van der Waals surface area contributed by atoms with E-state index in [1.165, 1.54) is 7.11 Å². The van der Waals surface area contributed by atoms with Crippen LogP contribution in [0.15, 0.2) is 26.2 Å². The molecular weight excluding hydrogens is 370 g/mol. The zero-order chi connectivity index (χ0) is 13.7. The molecule has 0 aromatic heterocycles. The van der Waals surface area contributed by atoms with E-state index in [4.69, 9.17) is 15.7 Å². The predicted octanol–water partition coefficient (Wildman–Crippen LogP) is 2.30. The number of amidine groups is 1. The molecule has 98 valence electrons. The Balaban J connectivity index is 2.87. The van der Waals surface area contributed by atoms with Crippen molar-refractivity contribution in [3.8, 4) is 5.75 Å². The fourth-order valence-electron chi connectivity index (χ4n) is 1.18. The van der Waals surface area contributed by atoms with Crippen molar-refractivity contribution in [2.24, 2.45) is 10.9 Å². The first-order valence-corrected chi connectivity index (χ1v) is 6.35. The minimum absolute atomic E-state index is 0.160. The number of rotatable bonds is 4. The van der Waals surface area contributed by atoms with Crippen molar-refractivity contribution in [2.75, 3.05) is 12.4 Å². The van der Waals surface area contributed by atoms with E-state index >= 15 is 0 Å². The molecule has 1 amide bonds. The highest BCUT2D eigenvalue weighted by Gasteiger charge is 2.11. The number of oxime groups is 1. The summed E-state index contributed by atoms with van der Waals surface area (Å²) in [5.41, 5.74) is 5.77. The van der Waals surface area contributed by atoms with Crippen molar-refractivity contribution >= 4 is 49.3 Å². The number of hydrogen-bond donors (Lipinski definition) is 3. The number of nitrogens with one attached hydrogen (secondary N) is 1. The first kappa shape index (κ1) is 14.8. The van der Waals surface area contributed by atoms with Crippen LogP contribution in [0, 0.1) is 0 Å². The summed E-state index contributed by atoms with van der Waals surface area (Å²) in [5.74, 6) is 0.0281. The minimum atomic E-state index is -0.393. The second kappa shape index (κ2) is 6.60. The van der Waals surface area contributed by atoms with Crippen LogP contribution in [-0.4, -0.2) is 24.1 Å². The van der Waals surface area contributed by atoms with Crippen LogP contribution < -0.4 is 15.8 Å². The Kier molecular flexibility index (Phi) is 5.42. The van der Waals surface area contributed by atoms with Crippen molar-refractivity contribution < 1.29 is 14.7 Å². The third-order valence-electron chi connectivity index (χ3n) is 1.99. The van der Waals surface area contributed by atoms with Crippen molar-refractivity contribution in [1.82, 2.24) is 0 Å². The van der Waals surface area contributed by atoms with Crippen LogP contribution in [0.1, 0.15) is 6.42 Å². The number of nitrogens with two attached hydrogens (primary N) is 1. The molecule has 0 aliphatic rings. The molecule has 0 spiro atoms. The molecule has 0 heterocycles. The monoisotopic (exact) mass is 379 g/mol. The molecule has 0 bridgehead atoms. The number of methoxy groups -OCH3 is 1. The molecule has 6 nitrogen and oxygen atoms in total. The molecular formula is C10H11Br2N3O3. The summed E-state index contributed by atoms with van der Waals surface area (Å²) in [5, 5.41) is 13.7. The van der Waals surface area contributed by atoms with Crippen LogP contribution in [0.4, 0.5) is 5.69 Å². The minimum Gasteiger partial charge on any atom is -0.495 e. The van der Waals surface area contributed by atoms with Gasteiger partial charge >= 0.3 is 0 Å². The van der Waals surface area contributed by atoms with Gasteiger partial charge in [-0.2, -0.15) is 0 Å². The van der Waals surface area contributed by atoms with Crippen LogP contribution >= 0.6 is 31.9 Å². The maximum Gasteiger partial charge on any atom is 0.232 e. The van der Waals surface area contributed by atoms with Crippen molar-refractivity contribution in [3.63, 3.8) is 0 Å². The number of benzene rings is 1. The highest BCUT2D eigenvalue weighted by atomic mass is 79.9. The van der Waals surface area contributed by atoms with Crippen molar-refractivity contribution in [1.29, 1.82) is 0 Å². The number of nitrogens with zero attached hydrogens (tertiary/aromatic N) is 1. The summed E-state index contributed by atoms with van der Waals surface area (Å²) < 4.78 is 6.56. The number of carbonyl (C=O) groups is 1. The zero-order valence-electron chi connectivity index (χ0n) is 9.41. The standard InChI is InChI=1S/C10H11Br2N3O3/c1-18-8-3-7(5(11)2-6(8)12)14-10(16)4-9(13)15-17/h2-3,17H,4H2,1H3,(H2,13,15)(H,14,16). The fraction of sp³-hybridized carbons (Fsp3) is 0.200. The smallest absolute Gasteiger partial charge is 0.232 e. The van der Waals surface area contributed by atoms with Crippen molar-refractivity contribution in [3.05, 3.63) is 21.1 Å². The molecule has 4 N–H and O–H groups in total. The molecule has 0 saturated heterocycles. The van der Waals surface area contributed by atoms with Gasteiger partial charge in [-0.25, -0.2) is 0 Å². The van der Waals surface area contributed by atoms with E-state index in [2.05, 4.69) is 42.3 Å². The lowest BCUT2D eigenvalue weighted by Gasteiger charge is -2.10. The number of hydrogen-bond acceptors (Lipinski definition) is 4. The van der Waals surface area contributed by atoms with Crippen molar-refractivity contribution in [2.45, 2.75) is 6.42 Å². The van der Waals surface area contributed by atoms with Gasteiger partial charge in [-0.3, -0.25) is 4.79 Å². The molecule has 0 aliphatic heterocycles. The number of carbonyl (C=O) groups excluding carboxylic acids is 1. The maximum atomic E-state index is 11.6. The number of anilines is 1. The topological polar surface area (TPSA) is 96.9 Å². The van der Waals surface area contributed by atoms with Gasteiger partial charge in [-0.1, -0.05) is 5.16 Å². The van der Waals surface area contributed by atoms with Gasteiger partial charge in [-0.15, -0.1) is 0 Å². The predicted molar refractivity (Wildman–Crippen MR) is 75.0 cm³/mol. The average molecular weight is 381 g/mol. The number of halogens is 2. The number of ether oxygens (including phenoxy) is 1. The Morgan fingerprint density at radius 3 is 2.72 bits per heavy atom. The number of amides is 1. The summed E-state index contributed by atoms with van der Waals surface area (Å²) in [6.07, 6.45) is -0.193. The normalized spacial score (nSPS) is 11.2. The van der Waals surface area contributed by atoms with E-state index < -0.39 is 5.91 Å². The molecule has 8 heteroatoms. The van der Waals surface area contributed by atoms with Gasteiger partial charge in [0.05, 0.1) is 23.7 Å². The first-order valence-electron chi connectivity index (χ1n) is 4.77. The van der Waals surface area contributed by atoms with E-state index in [1.807, 2.05) is 0 Å². The highest BCUT2D eigenvalue weighted by molar-refractivity contribution is 9.11. The molecule has 0 saturated carbocycles. The van der Waals surface area contributed by atoms with Crippen LogP contribution in [0.2, 0.25) is 0 Å². The van der Waals surface area contributed by atoms with E-state index in [0.29, 0.717) is 15.9 Å². The second-order valence-electron chi connectivity index (χ2n) is 3.28. The highest BCUT2D eigenvalue weighted by Crippen LogP contribution is 2.34. The second-order valence-corrected chi connectivity index (χ2v) is 4.99. The van der Waals surface area contributed by atoms with E-state index in [1.54, 1.807) is 12.1 Å². The summed E-state index contributed by atoms with van der Waals surface area (Å²) in [7, 11) is 1.52. The van der Waals surface area contributed by atoms with Crippen LogP contribution in [0.5, 0.6) is 5.75 Å². The van der Waals surface area contributed by atoms with Gasteiger partial charge in [0.25, 0.3) is 0 Å². The Hall–Kier alpha value is -1.28. The largest absolute Gasteiger partial charge is 0.495 e. The summed E-state index contributed by atoms with van der Waals surface area (Å²) >= 11 is 6.63. The zero-order valence-corrected chi connectivity index (χ0v) is 12.6. The van der Waals surface area contributed by atoms with Crippen LogP contribution in [0.3, 0.4) is 0 Å². The maximum absolute atomic E-state index is 11.6. The lowest BCUT2D eigenvalue weighted by atomic mass is 10.3. The molecule has 1 aromatic carbocycles. The Morgan fingerprint density at radius 1 is 1.50 bits per heavy atom. The van der Waals surface area contributed by atoms with Gasteiger partial charge in [0, 0.05) is 10.5 Å². The molecule has 0 unspecified atom stereocenters. The van der Waals surface area contributed by atoms with Gasteiger partial charge in [-0.05, 0) is 37.9 Å². The lowest BCUT2D eigenvalue weighted by molar-refractivity contribution is -0.115. The van der Waals surface area contributed by atoms with Gasteiger partial charge < -0.3 is 21.0 Å². The summed E-state index contributed by atoms with van der Waals surface area (Å²) in [6.45, 7) is 0. The third-order valence-corrected chi connectivity index (χ3v) is 3.26. The van der Waals surface area contributed by atoms with Gasteiger partial charge in [0.1, 0.15) is 11.6 Å². The van der Waals surface area contributed by atoms with Crippen LogP contribution in [-0.2, 0) is 4.79 Å². The average Bonchev–Trinajstić information content (AvgIpc) is 2.32. The molecule has 0 atom stereocenters. The van der Waals surface area contributed by atoms with Gasteiger partial charge in [0.15, 0.2) is 0 Å². The fourth-order valence-corrected chi connectivity index (χ4v) is 2.43. The Bertz CT molecular complexity index is 492. The van der Waals surface area contributed by atoms with E-state index in [-0.39, 0.29) is 12.3 Å². The first-order chi connectivity index (χ1) is 8.47. The summed E-state index contributed by atoms with van der Waals surface area (Å²) in [4.78, 5) is 11.6. The Morgan fingerprint density at radius 2 is 2.17 bits per heavy atom. The quantitative estimate of drug-likeness (QED) is 0.323. The molecule has 0 aliphatic carbocycles. The summed E-state index contributed by atoms with van der Waals surface area (Å²) in [6, 6.07) is 3.40. The lowest BCUT2D eigenvalue weighted by Crippen LogP contribution is -2.22. The molecule has 0 fully saturated rings. The molecule has 18 heavy (non-hydrogen) atoms. The molecule has 1 aromatic rings. The van der Waals surface area contributed by atoms with E-state index in [0.717, 1.165) is 4.47 Å². The molecule has 1 rings (SSSR count).